The Morgan fingerprint density at radius 1 is 1.10 bits per heavy atom. The van der Waals surface area contributed by atoms with Gasteiger partial charge < -0.3 is 10.6 Å². The van der Waals surface area contributed by atoms with E-state index >= 15 is 0 Å². The first-order chi connectivity index (χ1) is 9.58. The molecule has 0 aliphatic heterocycles. The number of benzene rings is 1. The summed E-state index contributed by atoms with van der Waals surface area (Å²) in [4.78, 5) is 0. The lowest BCUT2D eigenvalue weighted by Gasteiger charge is -2.20. The van der Waals surface area contributed by atoms with E-state index in [9.17, 15) is 0 Å². The highest BCUT2D eigenvalue weighted by atomic mass is 32.1. The van der Waals surface area contributed by atoms with Gasteiger partial charge in [-0.25, -0.2) is 0 Å². The summed E-state index contributed by atoms with van der Waals surface area (Å²) in [6.45, 7) is 9.76. The van der Waals surface area contributed by atoms with E-state index in [-0.39, 0.29) is 6.04 Å². The van der Waals surface area contributed by atoms with Gasteiger partial charge in [0.15, 0.2) is 5.11 Å². The van der Waals surface area contributed by atoms with Crippen molar-refractivity contribution >= 4 is 17.3 Å². The Labute approximate surface area is 129 Å². The van der Waals surface area contributed by atoms with Gasteiger partial charge in [0.05, 0.1) is 6.04 Å². The van der Waals surface area contributed by atoms with Gasteiger partial charge in [-0.05, 0) is 42.1 Å². The second kappa shape index (κ2) is 8.96. The first kappa shape index (κ1) is 17.0. The molecule has 2 nitrogen and oxygen atoms in total. The highest BCUT2D eigenvalue weighted by Crippen LogP contribution is 2.20. The van der Waals surface area contributed by atoms with Gasteiger partial charge in [-0.15, -0.1) is 0 Å². The average molecular weight is 292 g/mol. The minimum absolute atomic E-state index is 0.290. The van der Waals surface area contributed by atoms with E-state index in [1.165, 1.54) is 17.5 Å². The van der Waals surface area contributed by atoms with Crippen LogP contribution in [0.5, 0.6) is 0 Å². The molecule has 20 heavy (non-hydrogen) atoms. The summed E-state index contributed by atoms with van der Waals surface area (Å²) in [5.41, 5.74) is 2.68. The lowest BCUT2D eigenvalue weighted by Crippen LogP contribution is -2.38. The smallest absolute Gasteiger partial charge is 0.166 e. The lowest BCUT2D eigenvalue weighted by molar-refractivity contribution is 0.612. The molecule has 1 unspecified atom stereocenters. The molecule has 1 aromatic carbocycles. The topological polar surface area (TPSA) is 24.1 Å². The van der Waals surface area contributed by atoms with Crippen molar-refractivity contribution in [2.75, 3.05) is 6.54 Å². The summed E-state index contributed by atoms with van der Waals surface area (Å²) >= 11 is 5.36. The Bertz CT molecular complexity index is 398. The molecule has 2 N–H and O–H groups in total. The predicted molar refractivity (Wildman–Crippen MR) is 92.2 cm³/mol. The molecule has 1 atom stereocenters. The average Bonchev–Trinajstić information content (AvgIpc) is 2.45. The first-order valence-corrected chi connectivity index (χ1v) is 8.13. The van der Waals surface area contributed by atoms with Gasteiger partial charge >= 0.3 is 0 Å². The highest BCUT2D eigenvalue weighted by molar-refractivity contribution is 7.80. The first-order valence-electron chi connectivity index (χ1n) is 7.72. The van der Waals surface area contributed by atoms with E-state index in [0.717, 1.165) is 24.5 Å². The minimum Gasteiger partial charge on any atom is -0.363 e. The summed E-state index contributed by atoms with van der Waals surface area (Å²) in [5.74, 6) is 0.578. The van der Waals surface area contributed by atoms with Crippen molar-refractivity contribution in [1.82, 2.24) is 10.6 Å². The largest absolute Gasteiger partial charge is 0.363 e. The van der Waals surface area contributed by atoms with Gasteiger partial charge in [0, 0.05) is 6.54 Å². The van der Waals surface area contributed by atoms with Crippen LogP contribution in [0.2, 0.25) is 0 Å². The van der Waals surface area contributed by atoms with Crippen LogP contribution in [-0.4, -0.2) is 11.7 Å². The van der Waals surface area contributed by atoms with Crippen LogP contribution >= 0.6 is 12.2 Å². The van der Waals surface area contributed by atoms with Gasteiger partial charge in [-0.3, -0.25) is 0 Å². The molecule has 0 spiro atoms. The summed E-state index contributed by atoms with van der Waals surface area (Å²) in [5, 5.41) is 7.44. The second-order valence-corrected chi connectivity index (χ2v) is 5.94. The fourth-order valence-corrected chi connectivity index (χ4v) is 2.37. The molecule has 3 heteroatoms. The fraction of sp³-hybridized carbons (Fsp3) is 0.588. The molecule has 0 radical (unpaired) electrons. The predicted octanol–water partition coefficient (Wildman–Crippen LogP) is 4.53. The summed E-state index contributed by atoms with van der Waals surface area (Å²) < 4.78 is 0. The molecule has 0 aromatic heterocycles. The summed E-state index contributed by atoms with van der Waals surface area (Å²) in [6.07, 6.45) is 3.36. The maximum Gasteiger partial charge on any atom is 0.166 e. The molecule has 0 bridgehead atoms. The zero-order chi connectivity index (χ0) is 15.0. The standard InChI is InChI=1S/C17H28N2S/c1-5-7-12-18-17(20)19-16(6-2)15-10-8-14(9-11-15)13(3)4/h8-11,13,16H,5-7,12H2,1-4H3,(H2,18,19,20). The number of hydrogen-bond acceptors (Lipinski definition) is 1. The van der Waals surface area contributed by atoms with Gasteiger partial charge in [-0.2, -0.15) is 0 Å². The SMILES string of the molecule is CCCCNC(=S)NC(CC)c1ccc(C(C)C)cc1. The van der Waals surface area contributed by atoms with Crippen molar-refractivity contribution in [3.8, 4) is 0 Å². The third-order valence-corrected chi connectivity index (χ3v) is 3.80. The monoisotopic (exact) mass is 292 g/mol. The summed E-state index contributed by atoms with van der Waals surface area (Å²) in [6, 6.07) is 9.16. The fourth-order valence-electron chi connectivity index (χ4n) is 2.12. The molecule has 0 fully saturated rings. The molecule has 0 heterocycles. The van der Waals surface area contributed by atoms with Gasteiger partial charge in [0.1, 0.15) is 0 Å². The van der Waals surface area contributed by atoms with Crippen LogP contribution in [0.25, 0.3) is 0 Å². The normalized spacial score (nSPS) is 12.2. The van der Waals surface area contributed by atoms with E-state index in [1.54, 1.807) is 0 Å². The molecule has 0 saturated carbocycles. The third-order valence-electron chi connectivity index (χ3n) is 3.53. The zero-order valence-corrected chi connectivity index (χ0v) is 14.0. The van der Waals surface area contributed by atoms with E-state index in [2.05, 4.69) is 62.6 Å². The van der Waals surface area contributed by atoms with E-state index in [1.807, 2.05) is 0 Å². The van der Waals surface area contributed by atoms with Crippen molar-refractivity contribution in [3.63, 3.8) is 0 Å². The van der Waals surface area contributed by atoms with Crippen molar-refractivity contribution in [2.24, 2.45) is 0 Å². The third kappa shape index (κ3) is 5.49. The maximum atomic E-state index is 5.36. The highest BCUT2D eigenvalue weighted by Gasteiger charge is 2.10. The van der Waals surface area contributed by atoms with Gasteiger partial charge in [0.25, 0.3) is 0 Å². The van der Waals surface area contributed by atoms with Crippen molar-refractivity contribution < 1.29 is 0 Å². The van der Waals surface area contributed by atoms with Gasteiger partial charge in [0.2, 0.25) is 0 Å². The molecule has 0 amide bonds. The number of rotatable bonds is 7. The minimum atomic E-state index is 0.290. The van der Waals surface area contributed by atoms with Crippen LogP contribution in [0.3, 0.4) is 0 Å². The number of nitrogens with one attached hydrogen (secondary N) is 2. The molecule has 0 aliphatic carbocycles. The molecular weight excluding hydrogens is 264 g/mol. The Morgan fingerprint density at radius 3 is 2.20 bits per heavy atom. The second-order valence-electron chi connectivity index (χ2n) is 5.54. The number of unbranched alkanes of at least 4 members (excludes halogenated alkanes) is 1. The molecule has 0 saturated heterocycles. The Balaban J connectivity index is 2.59. The van der Waals surface area contributed by atoms with Crippen molar-refractivity contribution in [2.45, 2.75) is 58.9 Å². The van der Waals surface area contributed by atoms with Crippen LogP contribution in [0.4, 0.5) is 0 Å². The molecule has 0 aliphatic rings. The van der Waals surface area contributed by atoms with Crippen LogP contribution in [-0.2, 0) is 0 Å². The quantitative estimate of drug-likeness (QED) is 0.570. The number of thiocarbonyl (C=S) groups is 1. The summed E-state index contributed by atoms with van der Waals surface area (Å²) in [7, 11) is 0. The maximum absolute atomic E-state index is 5.36. The zero-order valence-electron chi connectivity index (χ0n) is 13.2. The van der Waals surface area contributed by atoms with E-state index in [4.69, 9.17) is 12.2 Å². The van der Waals surface area contributed by atoms with Gasteiger partial charge in [-0.1, -0.05) is 58.4 Å². The van der Waals surface area contributed by atoms with Crippen LogP contribution in [0.15, 0.2) is 24.3 Å². The van der Waals surface area contributed by atoms with Crippen molar-refractivity contribution in [3.05, 3.63) is 35.4 Å². The van der Waals surface area contributed by atoms with Crippen LogP contribution in [0.1, 0.15) is 70.0 Å². The Morgan fingerprint density at radius 2 is 1.70 bits per heavy atom. The van der Waals surface area contributed by atoms with Crippen LogP contribution < -0.4 is 10.6 Å². The van der Waals surface area contributed by atoms with Crippen molar-refractivity contribution in [1.29, 1.82) is 0 Å². The molecular formula is C17H28N2S. The Hall–Kier alpha value is -1.09. The molecule has 1 rings (SSSR count). The lowest BCUT2D eigenvalue weighted by atomic mass is 9.98. The van der Waals surface area contributed by atoms with E-state index in [0.29, 0.717) is 5.92 Å². The van der Waals surface area contributed by atoms with E-state index < -0.39 is 0 Å². The molecule has 112 valence electrons. The molecule has 1 aromatic rings. The Kier molecular flexibility index (Phi) is 7.60. The van der Waals surface area contributed by atoms with Crippen LogP contribution in [0, 0.1) is 0 Å². The number of hydrogen-bond donors (Lipinski definition) is 2.